The molecule has 1 fully saturated rings. The van der Waals surface area contributed by atoms with Crippen LogP contribution in [0.15, 0.2) is 48.5 Å². The Kier molecular flexibility index (Phi) is 6.87. The van der Waals surface area contributed by atoms with Gasteiger partial charge in [0.05, 0.1) is 6.04 Å². The van der Waals surface area contributed by atoms with Crippen LogP contribution in [0.25, 0.3) is 0 Å². The van der Waals surface area contributed by atoms with E-state index in [4.69, 9.17) is 0 Å². The molecule has 2 amide bonds. The third kappa shape index (κ3) is 4.60. The molecule has 2 heterocycles. The fraction of sp³-hybridized carbons (Fsp3) is 0.364. The molecule has 7 heteroatoms. The van der Waals surface area contributed by atoms with Crippen LogP contribution in [0.2, 0.25) is 0 Å². The summed E-state index contributed by atoms with van der Waals surface area (Å²) in [6.45, 7) is 2.25. The number of nitrogens with one attached hydrogen (secondary N) is 1. The Hall–Kier alpha value is -2.44. The number of carbonyl (C=O) groups is 2. The third-order valence-electron chi connectivity index (χ3n) is 5.54. The van der Waals surface area contributed by atoms with Crippen LogP contribution in [0.4, 0.5) is 10.1 Å². The minimum Gasteiger partial charge on any atom is -0.333 e. The molecule has 0 saturated carbocycles. The first-order valence-corrected chi connectivity index (χ1v) is 9.77. The maximum atomic E-state index is 13.7. The van der Waals surface area contributed by atoms with Crippen LogP contribution in [0.1, 0.15) is 30.0 Å². The van der Waals surface area contributed by atoms with Crippen molar-refractivity contribution in [1.29, 1.82) is 0 Å². The zero-order valence-electron chi connectivity index (χ0n) is 16.1. The second-order valence-corrected chi connectivity index (χ2v) is 7.29. The van der Waals surface area contributed by atoms with Gasteiger partial charge >= 0.3 is 0 Å². The number of benzene rings is 2. The summed E-state index contributed by atoms with van der Waals surface area (Å²) in [5.74, 6) is -0.244. The Morgan fingerprint density at radius 2 is 1.97 bits per heavy atom. The third-order valence-corrected chi connectivity index (χ3v) is 5.54. The van der Waals surface area contributed by atoms with Crippen molar-refractivity contribution in [3.8, 4) is 0 Å². The van der Waals surface area contributed by atoms with Crippen LogP contribution in [0.5, 0.6) is 0 Å². The lowest BCUT2D eigenvalue weighted by molar-refractivity contribution is -0.134. The summed E-state index contributed by atoms with van der Waals surface area (Å²) in [6.07, 6.45) is 1.48. The Morgan fingerprint density at radius 1 is 1.14 bits per heavy atom. The maximum Gasteiger partial charge on any atom is 0.227 e. The van der Waals surface area contributed by atoms with Crippen molar-refractivity contribution < 1.29 is 14.0 Å². The minimum atomic E-state index is -0.300. The van der Waals surface area contributed by atoms with E-state index in [1.807, 2.05) is 35.2 Å². The van der Waals surface area contributed by atoms with Gasteiger partial charge in [0, 0.05) is 44.7 Å². The fourth-order valence-corrected chi connectivity index (χ4v) is 4.11. The summed E-state index contributed by atoms with van der Waals surface area (Å²) in [5.41, 5.74) is 2.85. The molecule has 0 bridgehead atoms. The number of hydrogen-bond acceptors (Lipinski definition) is 3. The summed E-state index contributed by atoms with van der Waals surface area (Å²) >= 11 is 0. The van der Waals surface area contributed by atoms with Gasteiger partial charge in [-0.2, -0.15) is 0 Å². The zero-order chi connectivity index (χ0) is 19.5. The lowest BCUT2D eigenvalue weighted by Gasteiger charge is -2.37. The first-order valence-electron chi connectivity index (χ1n) is 9.77. The van der Waals surface area contributed by atoms with Gasteiger partial charge in [0.15, 0.2) is 0 Å². The Morgan fingerprint density at radius 3 is 2.79 bits per heavy atom. The van der Waals surface area contributed by atoms with Gasteiger partial charge in [-0.15, -0.1) is 12.4 Å². The van der Waals surface area contributed by atoms with Gasteiger partial charge in [-0.1, -0.05) is 30.3 Å². The summed E-state index contributed by atoms with van der Waals surface area (Å²) < 4.78 is 13.7. The highest BCUT2D eigenvalue weighted by molar-refractivity contribution is 5.97. The molecule has 2 aromatic rings. The van der Waals surface area contributed by atoms with Crippen molar-refractivity contribution in [2.45, 2.75) is 25.3 Å². The molecule has 2 aliphatic heterocycles. The molecular formula is C22H25ClFN3O2. The molecule has 2 aromatic carbocycles. The second-order valence-electron chi connectivity index (χ2n) is 7.29. The van der Waals surface area contributed by atoms with Gasteiger partial charge in [-0.3, -0.25) is 9.59 Å². The van der Waals surface area contributed by atoms with Crippen LogP contribution in [-0.4, -0.2) is 42.9 Å². The molecule has 4 rings (SSSR count). The smallest absolute Gasteiger partial charge is 0.227 e. The number of halogens is 2. The molecule has 29 heavy (non-hydrogen) atoms. The largest absolute Gasteiger partial charge is 0.333 e. The van der Waals surface area contributed by atoms with Crippen LogP contribution in [0.3, 0.4) is 0 Å². The number of rotatable bonds is 4. The number of piperazine rings is 1. The molecule has 1 unspecified atom stereocenters. The van der Waals surface area contributed by atoms with Gasteiger partial charge in [-0.05, 0) is 35.7 Å². The number of anilines is 1. The molecule has 1 N–H and O–H groups in total. The lowest BCUT2D eigenvalue weighted by atomic mass is 10.0. The number of nitrogens with zero attached hydrogens (tertiary/aromatic N) is 2. The molecule has 2 aliphatic rings. The average molecular weight is 418 g/mol. The van der Waals surface area contributed by atoms with Crippen molar-refractivity contribution in [2.75, 3.05) is 31.1 Å². The van der Waals surface area contributed by atoms with E-state index in [2.05, 4.69) is 5.32 Å². The average Bonchev–Trinajstić information content (AvgIpc) is 2.73. The van der Waals surface area contributed by atoms with E-state index in [-0.39, 0.29) is 42.5 Å². The highest BCUT2D eigenvalue weighted by Crippen LogP contribution is 2.28. The number of amides is 2. The predicted octanol–water partition coefficient (Wildman–Crippen LogP) is 3.09. The Bertz CT molecular complexity index is 892. The van der Waals surface area contributed by atoms with E-state index < -0.39 is 0 Å². The van der Waals surface area contributed by atoms with E-state index in [9.17, 15) is 14.0 Å². The van der Waals surface area contributed by atoms with Crippen molar-refractivity contribution in [3.63, 3.8) is 0 Å². The first kappa shape index (κ1) is 21.3. The molecule has 154 valence electrons. The predicted molar refractivity (Wildman–Crippen MR) is 113 cm³/mol. The fourth-order valence-electron chi connectivity index (χ4n) is 4.11. The van der Waals surface area contributed by atoms with Gasteiger partial charge in [0.25, 0.3) is 0 Å². The number of aryl methyl sites for hydroxylation is 1. The summed E-state index contributed by atoms with van der Waals surface area (Å²) in [7, 11) is 0. The number of carbonyl (C=O) groups excluding carboxylic acids is 2. The lowest BCUT2D eigenvalue weighted by Crippen LogP contribution is -2.49. The van der Waals surface area contributed by atoms with Crippen LogP contribution < -0.4 is 10.2 Å². The normalized spacial score (nSPS) is 18.8. The van der Waals surface area contributed by atoms with Gasteiger partial charge in [0.1, 0.15) is 5.82 Å². The highest BCUT2D eigenvalue weighted by atomic mass is 35.5. The topological polar surface area (TPSA) is 52.7 Å². The van der Waals surface area contributed by atoms with E-state index in [0.29, 0.717) is 32.6 Å². The number of hydrogen-bond donors (Lipinski definition) is 1. The van der Waals surface area contributed by atoms with Crippen molar-refractivity contribution >= 4 is 29.9 Å². The quantitative estimate of drug-likeness (QED) is 0.831. The number of fused-ring (bicyclic) bond motifs is 1. The summed E-state index contributed by atoms with van der Waals surface area (Å²) in [5, 5.41) is 3.28. The molecule has 0 radical (unpaired) electrons. The van der Waals surface area contributed by atoms with Crippen molar-refractivity contribution in [3.05, 3.63) is 65.5 Å². The summed E-state index contributed by atoms with van der Waals surface area (Å²) in [4.78, 5) is 29.0. The SMILES string of the molecule is Cl.O=C1CCc2ccccc2N1CCC(=O)N1CCNCC1c1cccc(F)c1. The first-order chi connectivity index (χ1) is 13.6. The van der Waals surface area contributed by atoms with Crippen molar-refractivity contribution in [1.82, 2.24) is 10.2 Å². The monoisotopic (exact) mass is 417 g/mol. The molecular weight excluding hydrogens is 393 g/mol. The van der Waals surface area contributed by atoms with E-state index >= 15 is 0 Å². The molecule has 1 atom stereocenters. The minimum absolute atomic E-state index is 0. The van der Waals surface area contributed by atoms with Crippen molar-refractivity contribution in [2.24, 2.45) is 0 Å². The summed E-state index contributed by atoms with van der Waals surface area (Å²) in [6, 6.07) is 14.1. The molecule has 0 spiro atoms. The van der Waals surface area contributed by atoms with Gasteiger partial charge in [0.2, 0.25) is 11.8 Å². The second kappa shape index (κ2) is 9.37. The van der Waals surface area contributed by atoms with Crippen LogP contribution >= 0.6 is 12.4 Å². The highest BCUT2D eigenvalue weighted by Gasteiger charge is 2.30. The molecule has 0 aliphatic carbocycles. The Balaban J connectivity index is 0.00000240. The van der Waals surface area contributed by atoms with Gasteiger partial charge < -0.3 is 15.1 Å². The molecule has 1 saturated heterocycles. The molecule has 0 aromatic heterocycles. The maximum absolute atomic E-state index is 13.7. The van der Waals surface area contributed by atoms with Crippen LogP contribution in [-0.2, 0) is 16.0 Å². The standard InChI is InChI=1S/C22H24FN3O2.ClH/c23-18-6-3-5-17(14-18)20-15-24-11-13-26(20)22(28)10-12-25-19-7-2-1-4-16(19)8-9-21(25)27;/h1-7,14,20,24H,8-13,15H2;1H. The number of para-hydroxylation sites is 1. The zero-order valence-corrected chi connectivity index (χ0v) is 17.0. The molecule has 5 nitrogen and oxygen atoms in total. The van der Waals surface area contributed by atoms with E-state index in [1.54, 1.807) is 11.0 Å². The van der Waals surface area contributed by atoms with E-state index in [0.717, 1.165) is 23.2 Å². The van der Waals surface area contributed by atoms with E-state index in [1.165, 1.54) is 12.1 Å². The Labute approximate surface area is 176 Å². The van der Waals surface area contributed by atoms with Crippen LogP contribution in [0, 0.1) is 5.82 Å². The van der Waals surface area contributed by atoms with Gasteiger partial charge in [-0.25, -0.2) is 4.39 Å².